The number of rotatable bonds is 4. The van der Waals surface area contributed by atoms with Crippen molar-refractivity contribution >= 4 is 0 Å². The quantitative estimate of drug-likeness (QED) is 0.839. The summed E-state index contributed by atoms with van der Waals surface area (Å²) in [5, 5.41) is 7.86. The van der Waals surface area contributed by atoms with E-state index in [1.165, 1.54) is 0 Å². The van der Waals surface area contributed by atoms with Gasteiger partial charge in [0.1, 0.15) is 0 Å². The van der Waals surface area contributed by atoms with Crippen LogP contribution in [0, 0.1) is 0 Å². The summed E-state index contributed by atoms with van der Waals surface area (Å²) in [5.41, 5.74) is 0. The second kappa shape index (κ2) is 5.46. The fourth-order valence-corrected chi connectivity index (χ4v) is 2.29. The normalized spacial score (nSPS) is 27.9. The molecule has 4 nitrogen and oxygen atoms in total. The van der Waals surface area contributed by atoms with Crippen molar-refractivity contribution in [3.63, 3.8) is 0 Å². The van der Waals surface area contributed by atoms with Gasteiger partial charge in [0.05, 0.1) is 12.6 Å². The molecule has 0 radical (unpaired) electrons. The molecule has 90 valence electrons. The van der Waals surface area contributed by atoms with Gasteiger partial charge in [0.15, 0.2) is 0 Å². The molecule has 1 N–H and O–H groups in total. The van der Waals surface area contributed by atoms with Crippen LogP contribution in [0.25, 0.3) is 0 Å². The van der Waals surface area contributed by atoms with Crippen LogP contribution in [-0.2, 0) is 11.3 Å². The molecule has 0 aliphatic carbocycles. The van der Waals surface area contributed by atoms with Crippen LogP contribution < -0.4 is 5.32 Å². The molecule has 1 aliphatic rings. The molecule has 2 rings (SSSR count). The number of hydrogen-bond donors (Lipinski definition) is 1. The van der Waals surface area contributed by atoms with Crippen molar-refractivity contribution in [2.45, 2.75) is 51.4 Å². The van der Waals surface area contributed by atoms with E-state index in [4.69, 9.17) is 4.74 Å². The Morgan fingerprint density at radius 2 is 2.50 bits per heavy atom. The molecule has 1 aromatic rings. The average Bonchev–Trinajstić information content (AvgIpc) is 2.70. The maximum Gasteiger partial charge on any atom is 0.0561 e. The van der Waals surface area contributed by atoms with Crippen LogP contribution in [0.1, 0.15) is 26.7 Å². The maximum absolute atomic E-state index is 5.54. The molecule has 0 amide bonds. The predicted molar refractivity (Wildman–Crippen MR) is 63.3 cm³/mol. The van der Waals surface area contributed by atoms with Crippen molar-refractivity contribution in [1.82, 2.24) is 15.1 Å². The zero-order valence-electron chi connectivity index (χ0n) is 10.1. The summed E-state index contributed by atoms with van der Waals surface area (Å²) in [6.07, 6.45) is 6.45. The zero-order chi connectivity index (χ0) is 11.4. The first-order valence-corrected chi connectivity index (χ1v) is 6.09. The second-order valence-corrected chi connectivity index (χ2v) is 4.70. The molecule has 16 heavy (non-hydrogen) atoms. The Hall–Kier alpha value is -0.870. The molecule has 1 aromatic heterocycles. The lowest BCUT2D eigenvalue weighted by Gasteiger charge is -2.30. The summed E-state index contributed by atoms with van der Waals surface area (Å²) in [4.78, 5) is 0. The topological polar surface area (TPSA) is 39.1 Å². The minimum absolute atomic E-state index is 0.392. The highest BCUT2D eigenvalue weighted by Gasteiger charge is 2.20. The van der Waals surface area contributed by atoms with Gasteiger partial charge in [-0.05, 0) is 32.8 Å². The SMILES string of the molecule is CC(Cn1cccn1)NC1CCOC(C)C1. The van der Waals surface area contributed by atoms with Crippen molar-refractivity contribution in [1.29, 1.82) is 0 Å². The van der Waals surface area contributed by atoms with E-state index < -0.39 is 0 Å². The van der Waals surface area contributed by atoms with Gasteiger partial charge in [0.25, 0.3) is 0 Å². The Kier molecular flexibility index (Phi) is 3.96. The lowest BCUT2D eigenvalue weighted by molar-refractivity contribution is 0.0112. The number of nitrogens with zero attached hydrogens (tertiary/aromatic N) is 2. The lowest BCUT2D eigenvalue weighted by Crippen LogP contribution is -2.43. The Balaban J connectivity index is 1.76. The van der Waals surface area contributed by atoms with Gasteiger partial charge >= 0.3 is 0 Å². The van der Waals surface area contributed by atoms with Gasteiger partial charge in [-0.2, -0.15) is 5.10 Å². The second-order valence-electron chi connectivity index (χ2n) is 4.70. The van der Waals surface area contributed by atoms with E-state index >= 15 is 0 Å². The van der Waals surface area contributed by atoms with Crippen LogP contribution in [-0.4, -0.2) is 34.6 Å². The number of ether oxygens (including phenoxy) is 1. The van der Waals surface area contributed by atoms with E-state index in [9.17, 15) is 0 Å². The first-order valence-electron chi connectivity index (χ1n) is 6.09. The van der Waals surface area contributed by atoms with E-state index in [-0.39, 0.29) is 0 Å². The Morgan fingerprint density at radius 1 is 1.62 bits per heavy atom. The van der Waals surface area contributed by atoms with Crippen LogP contribution in [0.2, 0.25) is 0 Å². The molecule has 0 saturated carbocycles. The van der Waals surface area contributed by atoms with Crippen LogP contribution in [0.5, 0.6) is 0 Å². The smallest absolute Gasteiger partial charge is 0.0561 e. The molecule has 1 saturated heterocycles. The predicted octanol–water partition coefficient (Wildman–Crippen LogP) is 1.43. The van der Waals surface area contributed by atoms with Crippen molar-refractivity contribution in [3.05, 3.63) is 18.5 Å². The molecule has 2 heterocycles. The fourth-order valence-electron chi connectivity index (χ4n) is 2.29. The standard InChI is InChI=1S/C12H21N3O/c1-10(9-15-6-3-5-13-15)14-12-4-7-16-11(2)8-12/h3,5-6,10-12,14H,4,7-9H2,1-2H3. The summed E-state index contributed by atoms with van der Waals surface area (Å²) in [7, 11) is 0. The van der Waals surface area contributed by atoms with Gasteiger partial charge in [0, 0.05) is 31.1 Å². The third-order valence-electron chi connectivity index (χ3n) is 3.03. The van der Waals surface area contributed by atoms with Crippen molar-refractivity contribution in [2.75, 3.05) is 6.61 Å². The summed E-state index contributed by atoms with van der Waals surface area (Å²) in [6.45, 7) is 6.17. The molecule has 1 fully saturated rings. The van der Waals surface area contributed by atoms with Crippen molar-refractivity contribution in [2.24, 2.45) is 0 Å². The molecular weight excluding hydrogens is 202 g/mol. The van der Waals surface area contributed by atoms with E-state index in [1.54, 1.807) is 0 Å². The van der Waals surface area contributed by atoms with Gasteiger partial charge in [-0.15, -0.1) is 0 Å². The van der Waals surface area contributed by atoms with Gasteiger partial charge < -0.3 is 10.1 Å². The van der Waals surface area contributed by atoms with Crippen LogP contribution in [0.4, 0.5) is 0 Å². The van der Waals surface area contributed by atoms with Crippen LogP contribution in [0.15, 0.2) is 18.5 Å². The van der Waals surface area contributed by atoms with Crippen LogP contribution in [0.3, 0.4) is 0 Å². The van der Waals surface area contributed by atoms with Gasteiger partial charge in [0.2, 0.25) is 0 Å². The van der Waals surface area contributed by atoms with Gasteiger partial charge in [-0.25, -0.2) is 0 Å². The molecule has 0 bridgehead atoms. The molecule has 0 aromatic carbocycles. The van der Waals surface area contributed by atoms with E-state index in [0.29, 0.717) is 18.2 Å². The summed E-state index contributed by atoms with van der Waals surface area (Å²) >= 11 is 0. The molecule has 3 unspecified atom stereocenters. The number of nitrogens with one attached hydrogen (secondary N) is 1. The molecule has 1 aliphatic heterocycles. The lowest BCUT2D eigenvalue weighted by atomic mass is 10.0. The third-order valence-corrected chi connectivity index (χ3v) is 3.03. The first kappa shape index (κ1) is 11.6. The highest BCUT2D eigenvalue weighted by atomic mass is 16.5. The van der Waals surface area contributed by atoms with Crippen molar-refractivity contribution in [3.8, 4) is 0 Å². The molecule has 3 atom stereocenters. The monoisotopic (exact) mass is 223 g/mol. The zero-order valence-corrected chi connectivity index (χ0v) is 10.1. The maximum atomic E-state index is 5.54. The third kappa shape index (κ3) is 3.32. The van der Waals surface area contributed by atoms with E-state index in [1.807, 2.05) is 23.1 Å². The Morgan fingerprint density at radius 3 is 3.19 bits per heavy atom. The minimum atomic E-state index is 0.392. The van der Waals surface area contributed by atoms with Gasteiger partial charge in [-0.3, -0.25) is 4.68 Å². The fraction of sp³-hybridized carbons (Fsp3) is 0.750. The average molecular weight is 223 g/mol. The van der Waals surface area contributed by atoms with E-state index in [2.05, 4.69) is 24.3 Å². The summed E-state index contributed by atoms with van der Waals surface area (Å²) < 4.78 is 7.51. The van der Waals surface area contributed by atoms with Crippen LogP contribution >= 0.6 is 0 Å². The highest BCUT2D eigenvalue weighted by molar-refractivity contribution is 4.81. The summed E-state index contributed by atoms with van der Waals surface area (Å²) in [6, 6.07) is 3.01. The molecule has 4 heteroatoms. The number of hydrogen-bond acceptors (Lipinski definition) is 3. The highest BCUT2D eigenvalue weighted by Crippen LogP contribution is 2.13. The number of aromatic nitrogens is 2. The Labute approximate surface area is 97.0 Å². The largest absolute Gasteiger partial charge is 0.378 e. The summed E-state index contributed by atoms with van der Waals surface area (Å²) in [5.74, 6) is 0. The van der Waals surface area contributed by atoms with Crippen molar-refractivity contribution < 1.29 is 4.74 Å². The Bertz CT molecular complexity index is 299. The molecular formula is C12H21N3O. The van der Waals surface area contributed by atoms with E-state index in [0.717, 1.165) is 26.0 Å². The minimum Gasteiger partial charge on any atom is -0.378 e. The van der Waals surface area contributed by atoms with Gasteiger partial charge in [-0.1, -0.05) is 0 Å². The molecule has 0 spiro atoms. The first-order chi connectivity index (χ1) is 7.74.